The van der Waals surface area contributed by atoms with E-state index in [0.717, 1.165) is 0 Å². The maximum absolute atomic E-state index is 11.3. The Morgan fingerprint density at radius 3 is 2.79 bits per heavy atom. The van der Waals surface area contributed by atoms with Crippen molar-refractivity contribution in [2.24, 2.45) is 0 Å². The second-order valence-corrected chi connectivity index (χ2v) is 3.37. The van der Waals surface area contributed by atoms with Gasteiger partial charge < -0.3 is 14.4 Å². The highest BCUT2D eigenvalue weighted by atomic mass is 16.7. The average Bonchev–Trinajstić information content (AvgIpc) is 2.48. The third kappa shape index (κ3) is 2.85. The van der Waals surface area contributed by atoms with Crippen LogP contribution in [0, 0.1) is 0 Å². The first-order chi connectivity index (χ1) is 6.42. The molecule has 1 aromatic heterocycles. The van der Waals surface area contributed by atoms with E-state index in [2.05, 4.69) is 9.89 Å². The van der Waals surface area contributed by atoms with Crippen LogP contribution in [-0.2, 0) is 11.2 Å². The van der Waals surface area contributed by atoms with Crippen LogP contribution in [0.25, 0.3) is 0 Å². The molecule has 0 saturated heterocycles. The van der Waals surface area contributed by atoms with E-state index in [0.29, 0.717) is 12.1 Å². The number of esters is 1. The highest BCUT2D eigenvalue weighted by Gasteiger charge is 2.22. The van der Waals surface area contributed by atoms with E-state index >= 15 is 0 Å². The molecule has 1 aromatic rings. The molecule has 1 N–H and O–H groups in total. The van der Waals surface area contributed by atoms with Gasteiger partial charge in [0.15, 0.2) is 0 Å². The van der Waals surface area contributed by atoms with Crippen LogP contribution < -0.4 is 0 Å². The van der Waals surface area contributed by atoms with Crippen LogP contribution in [0.2, 0.25) is 0 Å². The van der Waals surface area contributed by atoms with E-state index in [9.17, 15) is 9.90 Å². The SMILES string of the molecule is CCc1cc(C(=O)OC(C)(C)O)on1. The van der Waals surface area contributed by atoms with Crippen LogP contribution in [0.4, 0.5) is 0 Å². The standard InChI is InChI=1S/C9H13NO4/c1-4-6-5-7(14-10-6)8(11)13-9(2,3)12/h5,12H,4H2,1-3H3. The zero-order chi connectivity index (χ0) is 10.8. The number of hydrogen-bond donors (Lipinski definition) is 1. The number of carbonyl (C=O) groups is 1. The quantitative estimate of drug-likeness (QED) is 0.583. The Hall–Kier alpha value is -1.36. The van der Waals surface area contributed by atoms with Crippen molar-refractivity contribution in [2.75, 3.05) is 0 Å². The summed E-state index contributed by atoms with van der Waals surface area (Å²) in [6, 6.07) is 1.49. The summed E-state index contributed by atoms with van der Waals surface area (Å²) < 4.78 is 9.39. The van der Waals surface area contributed by atoms with Crippen molar-refractivity contribution >= 4 is 5.97 Å². The average molecular weight is 199 g/mol. The fourth-order valence-corrected chi connectivity index (χ4v) is 0.852. The summed E-state index contributed by atoms with van der Waals surface area (Å²) >= 11 is 0. The van der Waals surface area contributed by atoms with Gasteiger partial charge >= 0.3 is 5.97 Å². The zero-order valence-corrected chi connectivity index (χ0v) is 8.40. The maximum atomic E-state index is 11.3. The third-order valence-electron chi connectivity index (χ3n) is 1.46. The van der Waals surface area contributed by atoms with E-state index in [1.54, 1.807) is 0 Å². The normalized spacial score (nSPS) is 11.4. The first kappa shape index (κ1) is 10.7. The van der Waals surface area contributed by atoms with E-state index < -0.39 is 11.8 Å². The first-order valence-corrected chi connectivity index (χ1v) is 4.33. The molecule has 0 radical (unpaired) electrons. The van der Waals surface area contributed by atoms with Crippen molar-refractivity contribution in [3.05, 3.63) is 17.5 Å². The molecule has 0 fully saturated rings. The zero-order valence-electron chi connectivity index (χ0n) is 8.40. The predicted molar refractivity (Wildman–Crippen MR) is 47.6 cm³/mol. The second-order valence-electron chi connectivity index (χ2n) is 3.37. The van der Waals surface area contributed by atoms with Gasteiger partial charge in [0.25, 0.3) is 0 Å². The summed E-state index contributed by atoms with van der Waals surface area (Å²) in [6.07, 6.45) is 0.680. The van der Waals surface area contributed by atoms with Crippen LogP contribution in [0.15, 0.2) is 10.6 Å². The molecule has 0 amide bonds. The highest BCUT2D eigenvalue weighted by Crippen LogP contribution is 2.11. The fourth-order valence-electron chi connectivity index (χ4n) is 0.852. The summed E-state index contributed by atoms with van der Waals surface area (Å²) in [6.45, 7) is 4.62. The van der Waals surface area contributed by atoms with Crippen molar-refractivity contribution in [1.82, 2.24) is 5.16 Å². The van der Waals surface area contributed by atoms with Gasteiger partial charge in [-0.05, 0) is 6.42 Å². The smallest absolute Gasteiger partial charge is 0.379 e. The van der Waals surface area contributed by atoms with Crippen LogP contribution >= 0.6 is 0 Å². The molecular weight excluding hydrogens is 186 g/mol. The molecule has 0 spiro atoms. The van der Waals surface area contributed by atoms with Crippen molar-refractivity contribution in [3.63, 3.8) is 0 Å². The molecule has 0 unspecified atom stereocenters. The summed E-state index contributed by atoms with van der Waals surface area (Å²) in [5.41, 5.74) is 0.674. The number of aromatic nitrogens is 1. The molecule has 78 valence electrons. The molecule has 5 heteroatoms. The number of hydrogen-bond acceptors (Lipinski definition) is 5. The number of nitrogens with zero attached hydrogens (tertiary/aromatic N) is 1. The third-order valence-corrected chi connectivity index (χ3v) is 1.46. The Morgan fingerprint density at radius 1 is 1.71 bits per heavy atom. The Bertz CT molecular complexity index is 324. The van der Waals surface area contributed by atoms with Crippen LogP contribution in [-0.4, -0.2) is 22.0 Å². The topological polar surface area (TPSA) is 72.6 Å². The van der Waals surface area contributed by atoms with Gasteiger partial charge in [-0.1, -0.05) is 12.1 Å². The number of aliphatic hydroxyl groups is 1. The lowest BCUT2D eigenvalue weighted by Crippen LogP contribution is -2.26. The summed E-state index contributed by atoms with van der Waals surface area (Å²) in [7, 11) is 0. The van der Waals surface area contributed by atoms with E-state index in [4.69, 9.17) is 4.52 Å². The van der Waals surface area contributed by atoms with Gasteiger partial charge in [0.05, 0.1) is 5.69 Å². The van der Waals surface area contributed by atoms with E-state index in [1.807, 2.05) is 6.92 Å². The lowest BCUT2D eigenvalue weighted by atomic mass is 10.3. The highest BCUT2D eigenvalue weighted by molar-refractivity contribution is 5.86. The van der Waals surface area contributed by atoms with Gasteiger partial charge in [-0.3, -0.25) is 0 Å². The number of carbonyl (C=O) groups excluding carboxylic acids is 1. The summed E-state index contributed by atoms with van der Waals surface area (Å²) in [5.74, 6) is -2.22. The van der Waals surface area contributed by atoms with Crippen molar-refractivity contribution in [3.8, 4) is 0 Å². The molecule has 14 heavy (non-hydrogen) atoms. The van der Waals surface area contributed by atoms with E-state index in [-0.39, 0.29) is 5.76 Å². The molecule has 0 saturated carbocycles. The lowest BCUT2D eigenvalue weighted by Gasteiger charge is -2.16. The monoisotopic (exact) mass is 199 g/mol. The Morgan fingerprint density at radius 2 is 2.36 bits per heavy atom. The number of rotatable bonds is 3. The molecule has 0 aromatic carbocycles. The molecule has 0 bridgehead atoms. The minimum Gasteiger partial charge on any atom is -0.428 e. The summed E-state index contributed by atoms with van der Waals surface area (Å²) in [4.78, 5) is 11.3. The number of aryl methyl sites for hydroxylation is 1. The van der Waals surface area contributed by atoms with Crippen molar-refractivity contribution in [1.29, 1.82) is 0 Å². The Labute approximate surface area is 81.7 Å². The molecule has 1 heterocycles. The first-order valence-electron chi connectivity index (χ1n) is 4.33. The van der Waals surface area contributed by atoms with Crippen LogP contribution in [0.3, 0.4) is 0 Å². The van der Waals surface area contributed by atoms with Crippen molar-refractivity contribution in [2.45, 2.75) is 33.0 Å². The maximum Gasteiger partial charge on any atom is 0.379 e. The minimum absolute atomic E-state index is 0.00368. The van der Waals surface area contributed by atoms with Gasteiger partial charge in [0.1, 0.15) is 0 Å². The molecule has 5 nitrogen and oxygen atoms in total. The minimum atomic E-state index is -1.50. The lowest BCUT2D eigenvalue weighted by molar-refractivity contribution is -0.137. The predicted octanol–water partition coefficient (Wildman–Crippen LogP) is 1.12. The summed E-state index contributed by atoms with van der Waals surface area (Å²) in [5, 5.41) is 12.8. The number of ether oxygens (including phenoxy) is 1. The Balaban J connectivity index is 2.70. The van der Waals surface area contributed by atoms with Crippen LogP contribution in [0.1, 0.15) is 37.0 Å². The molecule has 1 rings (SSSR count). The molecule has 0 aliphatic heterocycles. The fraction of sp³-hybridized carbons (Fsp3) is 0.556. The molecule has 0 aliphatic carbocycles. The molecule has 0 aliphatic rings. The van der Waals surface area contributed by atoms with Crippen molar-refractivity contribution < 1.29 is 19.2 Å². The van der Waals surface area contributed by atoms with E-state index in [1.165, 1.54) is 19.9 Å². The molecule has 0 atom stereocenters. The van der Waals surface area contributed by atoms with Gasteiger partial charge in [-0.2, -0.15) is 0 Å². The largest absolute Gasteiger partial charge is 0.428 e. The van der Waals surface area contributed by atoms with Gasteiger partial charge in [-0.15, -0.1) is 0 Å². The second kappa shape index (κ2) is 3.79. The molecular formula is C9H13NO4. The Kier molecular flexibility index (Phi) is 2.90. The van der Waals surface area contributed by atoms with Gasteiger partial charge in [0.2, 0.25) is 11.5 Å². The van der Waals surface area contributed by atoms with Gasteiger partial charge in [0, 0.05) is 19.9 Å². The van der Waals surface area contributed by atoms with Crippen LogP contribution in [0.5, 0.6) is 0 Å². The van der Waals surface area contributed by atoms with Gasteiger partial charge in [-0.25, -0.2) is 4.79 Å².